The van der Waals surface area contributed by atoms with Crippen LogP contribution in [-0.4, -0.2) is 21.5 Å². The molecule has 2 aromatic heterocycles. The van der Waals surface area contributed by atoms with E-state index in [0.29, 0.717) is 6.54 Å². The van der Waals surface area contributed by atoms with E-state index in [-0.39, 0.29) is 22.3 Å². The fraction of sp³-hybridized carbons (Fsp3) is 0.462. The molecule has 0 aliphatic carbocycles. The monoisotopic (exact) mass is 316 g/mol. The molecule has 8 heteroatoms. The second kappa shape index (κ2) is 6.48. The smallest absolute Gasteiger partial charge is 0.312 e. The van der Waals surface area contributed by atoms with E-state index in [0.717, 1.165) is 23.3 Å². The molecule has 0 aromatic carbocycles. The van der Waals surface area contributed by atoms with Crippen molar-refractivity contribution in [2.75, 3.05) is 6.54 Å². The van der Waals surface area contributed by atoms with Gasteiger partial charge in [-0.15, -0.1) is 11.3 Å². The highest BCUT2D eigenvalue weighted by Gasteiger charge is 2.37. The molecule has 1 N–H and O–H groups in total. The number of nitrogens with zero attached hydrogens (tertiary/aromatic N) is 3. The summed E-state index contributed by atoms with van der Waals surface area (Å²) in [4.78, 5) is 11.9. The van der Waals surface area contributed by atoms with Crippen molar-refractivity contribution in [3.63, 3.8) is 0 Å². The Bertz CT molecular complexity index is 592. The maximum absolute atomic E-state index is 13.0. The second-order valence-corrected chi connectivity index (χ2v) is 5.63. The minimum Gasteiger partial charge on any atom is -0.312 e. The molecule has 0 saturated heterocycles. The summed E-state index contributed by atoms with van der Waals surface area (Å²) in [5, 5.41) is 3.16. The Balaban J connectivity index is 2.33. The van der Waals surface area contributed by atoms with Crippen molar-refractivity contribution in [1.82, 2.24) is 20.3 Å². The molecule has 0 spiro atoms. The minimum absolute atomic E-state index is 0.145. The van der Waals surface area contributed by atoms with Crippen LogP contribution >= 0.6 is 11.3 Å². The van der Waals surface area contributed by atoms with Crippen molar-refractivity contribution < 1.29 is 13.2 Å². The lowest BCUT2D eigenvalue weighted by Gasteiger charge is -2.06. The lowest BCUT2D eigenvalue weighted by Crippen LogP contribution is -2.17. The normalized spacial score (nSPS) is 11.9. The molecule has 4 nitrogen and oxygen atoms in total. The molecule has 114 valence electrons. The van der Waals surface area contributed by atoms with E-state index in [1.165, 1.54) is 0 Å². The first-order valence-corrected chi connectivity index (χ1v) is 7.30. The molecule has 0 unspecified atom stereocenters. The van der Waals surface area contributed by atoms with Crippen molar-refractivity contribution in [2.45, 2.75) is 33.0 Å². The average molecular weight is 316 g/mol. The van der Waals surface area contributed by atoms with Crippen LogP contribution < -0.4 is 5.32 Å². The SMILES string of the molecule is CCCNCc1sc(-c2ncc(C)cn2)nc1C(F)(F)F. The average Bonchev–Trinajstić information content (AvgIpc) is 2.84. The third kappa shape index (κ3) is 3.98. The summed E-state index contributed by atoms with van der Waals surface area (Å²) in [7, 11) is 0. The number of alkyl halides is 3. The van der Waals surface area contributed by atoms with Gasteiger partial charge in [-0.25, -0.2) is 15.0 Å². The van der Waals surface area contributed by atoms with E-state index < -0.39 is 11.9 Å². The van der Waals surface area contributed by atoms with Crippen molar-refractivity contribution in [3.8, 4) is 10.8 Å². The van der Waals surface area contributed by atoms with Crippen LogP contribution in [0.15, 0.2) is 12.4 Å². The van der Waals surface area contributed by atoms with Gasteiger partial charge in [-0.1, -0.05) is 6.92 Å². The number of rotatable bonds is 5. The van der Waals surface area contributed by atoms with Gasteiger partial charge in [-0.2, -0.15) is 13.2 Å². The van der Waals surface area contributed by atoms with Gasteiger partial charge in [0, 0.05) is 18.9 Å². The number of aryl methyl sites for hydroxylation is 1. The molecule has 0 bridgehead atoms. The first-order chi connectivity index (χ1) is 9.91. The Labute approximate surface area is 124 Å². The molecule has 21 heavy (non-hydrogen) atoms. The molecule has 0 saturated carbocycles. The number of thiazole rings is 1. The van der Waals surface area contributed by atoms with Crippen LogP contribution in [0.2, 0.25) is 0 Å². The van der Waals surface area contributed by atoms with Gasteiger partial charge in [-0.3, -0.25) is 0 Å². The number of aromatic nitrogens is 3. The van der Waals surface area contributed by atoms with Crippen LogP contribution in [0.25, 0.3) is 10.8 Å². The Morgan fingerprint density at radius 3 is 2.48 bits per heavy atom. The highest BCUT2D eigenvalue weighted by molar-refractivity contribution is 7.15. The second-order valence-electron chi connectivity index (χ2n) is 4.55. The minimum atomic E-state index is -4.47. The largest absolute Gasteiger partial charge is 0.434 e. The molecular weight excluding hydrogens is 301 g/mol. The van der Waals surface area contributed by atoms with Crippen LogP contribution in [0.4, 0.5) is 13.2 Å². The predicted octanol–water partition coefficient (Wildman–Crippen LogP) is 3.43. The first kappa shape index (κ1) is 15.8. The van der Waals surface area contributed by atoms with Gasteiger partial charge in [0.1, 0.15) is 0 Å². The van der Waals surface area contributed by atoms with Crippen molar-refractivity contribution in [2.24, 2.45) is 0 Å². The van der Waals surface area contributed by atoms with Crippen molar-refractivity contribution in [1.29, 1.82) is 0 Å². The molecular formula is C13H15F3N4S. The van der Waals surface area contributed by atoms with Crippen molar-refractivity contribution >= 4 is 11.3 Å². The van der Waals surface area contributed by atoms with Crippen molar-refractivity contribution in [3.05, 3.63) is 28.5 Å². The maximum atomic E-state index is 13.0. The molecule has 0 fully saturated rings. The topological polar surface area (TPSA) is 50.7 Å². The highest BCUT2D eigenvalue weighted by Crippen LogP contribution is 2.36. The Morgan fingerprint density at radius 1 is 1.24 bits per heavy atom. The fourth-order valence-corrected chi connectivity index (χ4v) is 2.67. The van der Waals surface area contributed by atoms with E-state index in [2.05, 4.69) is 20.3 Å². The lowest BCUT2D eigenvalue weighted by atomic mass is 10.3. The predicted molar refractivity (Wildman–Crippen MR) is 74.9 cm³/mol. The first-order valence-electron chi connectivity index (χ1n) is 6.48. The summed E-state index contributed by atoms with van der Waals surface area (Å²) < 4.78 is 39.1. The van der Waals surface area contributed by atoms with Crippen LogP contribution in [0, 0.1) is 6.92 Å². The van der Waals surface area contributed by atoms with E-state index in [1.54, 1.807) is 12.4 Å². The molecule has 2 heterocycles. The van der Waals surface area contributed by atoms with Gasteiger partial charge in [0.05, 0.1) is 4.88 Å². The summed E-state index contributed by atoms with van der Waals surface area (Å²) in [6.45, 7) is 4.57. The molecule has 0 atom stereocenters. The number of hydrogen-bond acceptors (Lipinski definition) is 5. The van der Waals surface area contributed by atoms with Gasteiger partial charge in [0.15, 0.2) is 16.5 Å². The van der Waals surface area contributed by atoms with Crippen LogP contribution in [0.1, 0.15) is 29.5 Å². The highest BCUT2D eigenvalue weighted by atomic mass is 32.1. The zero-order valence-corrected chi connectivity index (χ0v) is 12.5. The van der Waals surface area contributed by atoms with Gasteiger partial charge in [-0.05, 0) is 25.5 Å². The third-order valence-electron chi connectivity index (χ3n) is 2.65. The Kier molecular flexibility index (Phi) is 4.89. The zero-order chi connectivity index (χ0) is 15.5. The van der Waals surface area contributed by atoms with Crippen LogP contribution in [-0.2, 0) is 12.7 Å². The van der Waals surface area contributed by atoms with Gasteiger partial charge >= 0.3 is 6.18 Å². The number of halogens is 3. The summed E-state index contributed by atoms with van der Waals surface area (Å²) >= 11 is 0.977. The summed E-state index contributed by atoms with van der Waals surface area (Å²) in [5.74, 6) is 0.220. The van der Waals surface area contributed by atoms with Gasteiger partial charge < -0.3 is 5.32 Å². The van der Waals surface area contributed by atoms with Gasteiger partial charge in [0.25, 0.3) is 0 Å². The number of nitrogens with one attached hydrogen (secondary N) is 1. The maximum Gasteiger partial charge on any atom is 0.434 e. The quantitative estimate of drug-likeness (QED) is 0.859. The Morgan fingerprint density at radius 2 is 1.90 bits per heavy atom. The summed E-state index contributed by atoms with van der Waals surface area (Å²) in [6, 6.07) is 0. The zero-order valence-electron chi connectivity index (χ0n) is 11.7. The molecule has 0 radical (unpaired) electrons. The van der Waals surface area contributed by atoms with Gasteiger partial charge in [0.2, 0.25) is 0 Å². The van der Waals surface area contributed by atoms with E-state index >= 15 is 0 Å². The summed E-state index contributed by atoms with van der Waals surface area (Å²) in [6.07, 6.45) is -0.491. The lowest BCUT2D eigenvalue weighted by molar-refractivity contribution is -0.141. The molecule has 0 aliphatic heterocycles. The van der Waals surface area contributed by atoms with E-state index in [1.807, 2.05) is 13.8 Å². The van der Waals surface area contributed by atoms with E-state index in [9.17, 15) is 13.2 Å². The summed E-state index contributed by atoms with van der Waals surface area (Å²) in [5.41, 5.74) is -0.00790. The van der Waals surface area contributed by atoms with Crippen LogP contribution in [0.5, 0.6) is 0 Å². The molecule has 0 amide bonds. The van der Waals surface area contributed by atoms with Crippen LogP contribution in [0.3, 0.4) is 0 Å². The third-order valence-corrected chi connectivity index (χ3v) is 3.70. The molecule has 0 aliphatic rings. The number of hydrogen-bond donors (Lipinski definition) is 1. The molecule has 2 aromatic rings. The fourth-order valence-electron chi connectivity index (χ4n) is 1.67. The van der Waals surface area contributed by atoms with E-state index in [4.69, 9.17) is 0 Å². The Hall–Kier alpha value is -1.54. The molecule has 2 rings (SSSR count). The standard InChI is InChI=1S/C13H15F3N4S/c1-3-4-17-7-9-10(13(14,15)16)20-12(21-9)11-18-5-8(2)6-19-11/h5-6,17H,3-4,7H2,1-2H3.